The van der Waals surface area contributed by atoms with E-state index in [0.29, 0.717) is 0 Å². The van der Waals surface area contributed by atoms with Crippen LogP contribution >= 0.6 is 79.6 Å². The van der Waals surface area contributed by atoms with Crippen LogP contribution in [0.4, 0.5) is 0 Å². The van der Waals surface area contributed by atoms with Crippen LogP contribution in [0.2, 0.25) is 0 Å². The Morgan fingerprint density at radius 3 is 0.640 bits per heavy atom. The van der Waals surface area contributed by atoms with Crippen molar-refractivity contribution in [1.82, 2.24) is 27.8 Å². The van der Waals surface area contributed by atoms with Crippen molar-refractivity contribution in [2.75, 3.05) is 0 Å². The minimum absolute atomic E-state index is 1.06. The van der Waals surface area contributed by atoms with E-state index in [4.69, 9.17) is 0 Å². The maximum atomic E-state index is 4.17. The van der Waals surface area contributed by atoms with E-state index in [-0.39, 0.29) is 0 Å². The van der Waals surface area contributed by atoms with Crippen molar-refractivity contribution < 1.29 is 0 Å². The summed E-state index contributed by atoms with van der Waals surface area (Å²) in [7, 11) is 0. The van der Waals surface area contributed by atoms with Crippen LogP contribution in [-0.4, -0.2) is 27.8 Å². The lowest BCUT2D eigenvalue weighted by atomic mass is 9.95. The van der Waals surface area contributed by atoms with Gasteiger partial charge in [0.25, 0.3) is 0 Å². The van der Waals surface area contributed by atoms with Gasteiger partial charge in [0.2, 0.25) is 0 Å². The Morgan fingerprint density at radius 1 is 0.140 bits per heavy atom. The van der Waals surface area contributed by atoms with Crippen LogP contribution in [0.15, 0.2) is 526 Å². The van der Waals surface area contributed by atoms with Gasteiger partial charge >= 0.3 is 0 Å². The van der Waals surface area contributed by atoms with Gasteiger partial charge in [0.05, 0.1) is 55.2 Å². The lowest BCUT2D eigenvalue weighted by molar-refractivity contribution is 1.18. The number of fused-ring (bicyclic) bond motifs is 15. The van der Waals surface area contributed by atoms with Gasteiger partial charge in [0.15, 0.2) is 0 Å². The third-order valence-corrected chi connectivity index (χ3v) is 28.4. The topological polar surface area (TPSA) is 37.5 Å². The summed E-state index contributed by atoms with van der Waals surface area (Å²) in [6.45, 7) is 0. The van der Waals surface area contributed by atoms with Gasteiger partial charge in [-0.25, -0.2) is 0 Å². The van der Waals surface area contributed by atoms with E-state index in [2.05, 4.69) is 587 Å². The molecule has 136 heavy (non-hydrogen) atoms. The van der Waals surface area contributed by atoms with Crippen LogP contribution in [0.3, 0.4) is 0 Å². The van der Waals surface area contributed by atoms with Gasteiger partial charge in [0, 0.05) is 117 Å². The van der Waals surface area contributed by atoms with Crippen LogP contribution in [0.5, 0.6) is 0 Å². The Labute approximate surface area is 830 Å². The zero-order valence-corrected chi connectivity index (χ0v) is 81.4. The Bertz CT molecular complexity index is 8420. The summed E-state index contributed by atoms with van der Waals surface area (Å²) in [5, 5.41) is 12.9. The predicted molar refractivity (Wildman–Crippen MR) is 593 cm³/mol. The van der Waals surface area contributed by atoms with Gasteiger partial charge in [-0.05, 0) is 249 Å². The van der Waals surface area contributed by atoms with Crippen LogP contribution in [0.25, 0.3) is 204 Å². The molecular formula is C125H83Br5N6. The molecule has 0 saturated heterocycles. The average molecular weight is 2070 g/mol. The minimum Gasteiger partial charge on any atom is -0.309 e. The van der Waals surface area contributed by atoms with Crippen molar-refractivity contribution in [2.24, 2.45) is 0 Å². The molecule has 648 valence electrons. The second kappa shape index (κ2) is 38.5. The maximum Gasteiger partial charge on any atom is 0.0541 e. The summed E-state index contributed by atoms with van der Waals surface area (Å²) in [6, 6.07) is 174. The smallest absolute Gasteiger partial charge is 0.0541 e. The number of para-hydroxylation sites is 10. The molecule has 6 heterocycles. The van der Waals surface area contributed by atoms with Crippen LogP contribution < -0.4 is 0 Å². The number of rotatable bonds is 11. The lowest BCUT2D eigenvalue weighted by Gasteiger charge is -2.13. The van der Waals surface area contributed by atoms with Crippen molar-refractivity contribution in [3.63, 3.8) is 0 Å². The first-order chi connectivity index (χ1) is 67.1. The molecule has 6 nitrogen and oxygen atoms in total. The molecule has 0 unspecified atom stereocenters. The molecular weight excluding hydrogens is 1980 g/mol. The first kappa shape index (κ1) is 86.4. The van der Waals surface area contributed by atoms with Crippen molar-refractivity contribution in [3.05, 3.63) is 526 Å². The molecule has 0 spiro atoms. The summed E-state index contributed by atoms with van der Waals surface area (Å²) in [5.74, 6) is 0. The Kier molecular flexibility index (Phi) is 24.5. The monoisotopic (exact) mass is 2060 g/mol. The predicted octanol–water partition coefficient (Wildman–Crippen LogP) is 37.1. The van der Waals surface area contributed by atoms with E-state index in [1.807, 2.05) is 24.5 Å². The second-order valence-corrected chi connectivity index (χ2v) is 37.9. The molecule has 0 aliphatic rings. The zero-order valence-electron chi connectivity index (χ0n) is 73.5. The first-order valence-corrected chi connectivity index (χ1v) is 49.2. The van der Waals surface area contributed by atoms with Gasteiger partial charge in [-0.15, -0.1) is 0 Å². The van der Waals surface area contributed by atoms with Gasteiger partial charge in [-0.3, -0.25) is 4.98 Å². The average Bonchev–Trinajstić information content (AvgIpc) is 1.62. The fourth-order valence-electron chi connectivity index (χ4n) is 19.2. The van der Waals surface area contributed by atoms with E-state index < -0.39 is 0 Å². The lowest BCUT2D eigenvalue weighted by Crippen LogP contribution is -1.94. The van der Waals surface area contributed by atoms with Crippen LogP contribution in [-0.2, 0) is 0 Å². The number of nitrogens with zero attached hydrogens (tertiary/aromatic N) is 6. The van der Waals surface area contributed by atoms with Crippen LogP contribution in [0.1, 0.15) is 0 Å². The maximum absolute atomic E-state index is 4.17. The summed E-state index contributed by atoms with van der Waals surface area (Å²) in [5.41, 5.74) is 32.7. The minimum atomic E-state index is 1.06. The largest absolute Gasteiger partial charge is 0.309 e. The first-order valence-electron chi connectivity index (χ1n) is 45.2. The van der Waals surface area contributed by atoms with E-state index in [9.17, 15) is 0 Å². The molecule has 0 atom stereocenters. The number of halogens is 5. The van der Waals surface area contributed by atoms with Crippen molar-refractivity contribution >= 4 is 189 Å². The summed E-state index contributed by atoms with van der Waals surface area (Å²) >= 11 is 18.0. The molecule has 6 aromatic heterocycles. The van der Waals surface area contributed by atoms with Crippen LogP contribution in [0, 0.1) is 0 Å². The second-order valence-electron chi connectivity index (χ2n) is 33.5. The van der Waals surface area contributed by atoms with Crippen molar-refractivity contribution in [3.8, 4) is 95.2 Å². The fourth-order valence-corrected chi connectivity index (χ4v) is 21.3. The van der Waals surface area contributed by atoms with Gasteiger partial charge in [-0.1, -0.05) is 389 Å². The standard InChI is InChI=1S/C29H19BrN2.4C24H16BrN/c30-22-11-14-24(27(19-22)21-15-17-31-18-16-21)20-9-12-23(13-10-20)32-28-7-3-1-5-25(28)26-6-2-4-8-29(26)32;2*25-22-10-4-1-7-19(22)17-13-15-18(16-14-17)26-23-11-5-2-8-20(23)21-9-3-6-12-24(21)26;25-19-7-5-6-18(16-19)17-12-14-20(15-13-17)26-23-10-3-1-8-21(23)22-9-2-4-11-24(22)26;25-19-13-9-17(10-14-19)18-11-15-20(16-12-18)26-23-7-3-1-5-21(23)22-6-2-4-8-24(22)26/h1-19H;4*1-16H. The number of hydrogen-bond donors (Lipinski definition) is 0. The molecule has 0 radical (unpaired) electrons. The highest BCUT2D eigenvalue weighted by atomic mass is 79.9. The molecule has 0 amide bonds. The molecule has 0 aliphatic carbocycles. The highest BCUT2D eigenvalue weighted by Crippen LogP contribution is 2.43. The normalized spacial score (nSPS) is 11.3. The SMILES string of the molecule is Brc1ccc(-c2ccc(-n3c4ccccc4c4ccccc43)cc2)c(-c2ccncc2)c1.Brc1ccc(-c2ccc(-n3c4ccccc4c4ccccc43)cc2)cc1.Brc1cccc(-c2ccc(-n3c4ccccc4c4ccccc43)cc2)c1.Brc1ccccc1-c1ccc(-n2c3ccccc3c3ccccc32)cc1.Brc1ccccc1-c1ccc(-n2c3ccccc3c3ccccc32)cc1. The molecule has 26 rings (SSSR count). The zero-order chi connectivity index (χ0) is 91.5. The fraction of sp³-hybridized carbons (Fsp3) is 0. The quantitative estimate of drug-likeness (QED) is 0.127. The molecule has 0 bridgehead atoms. The van der Waals surface area contributed by atoms with Crippen molar-refractivity contribution in [1.29, 1.82) is 0 Å². The number of pyridine rings is 1. The summed E-state index contributed by atoms with van der Waals surface area (Å²) in [4.78, 5) is 4.17. The molecule has 0 N–H and O–H groups in total. The van der Waals surface area contributed by atoms with E-state index in [1.165, 1.54) is 193 Å². The molecule has 0 saturated carbocycles. The summed E-state index contributed by atoms with van der Waals surface area (Å²) in [6.07, 6.45) is 3.68. The molecule has 26 aromatic rings. The third kappa shape index (κ3) is 17.0. The molecule has 20 aromatic carbocycles. The van der Waals surface area contributed by atoms with Gasteiger partial charge in [-0.2, -0.15) is 0 Å². The van der Waals surface area contributed by atoms with E-state index >= 15 is 0 Å². The Hall–Kier alpha value is -15.1. The highest BCUT2D eigenvalue weighted by Gasteiger charge is 2.20. The highest BCUT2D eigenvalue weighted by molar-refractivity contribution is 9.11. The van der Waals surface area contributed by atoms with E-state index in [1.54, 1.807) is 0 Å². The molecule has 0 fully saturated rings. The number of hydrogen-bond acceptors (Lipinski definition) is 1. The number of benzene rings is 20. The van der Waals surface area contributed by atoms with E-state index in [0.717, 1.165) is 33.6 Å². The Balaban J connectivity index is 0.0000000988. The van der Waals surface area contributed by atoms with Gasteiger partial charge in [0.1, 0.15) is 0 Å². The van der Waals surface area contributed by atoms with Gasteiger partial charge < -0.3 is 22.8 Å². The third-order valence-electron chi connectivity index (χ3n) is 25.5. The molecule has 0 aliphatic heterocycles. The number of aromatic nitrogens is 6. The van der Waals surface area contributed by atoms with Crippen molar-refractivity contribution in [2.45, 2.75) is 0 Å². The summed E-state index contributed by atoms with van der Waals surface area (Å²) < 4.78 is 17.2. The Morgan fingerprint density at radius 2 is 0.360 bits per heavy atom. The molecule has 11 heteroatoms.